The Balaban J connectivity index is 2.06. The third-order valence-electron chi connectivity index (χ3n) is 2.55. The number of aliphatic hydroxyl groups excluding tert-OH is 1. The molecule has 2 aromatic carbocycles. The number of aliphatic hydroxyl groups is 1. The van der Waals surface area contributed by atoms with Gasteiger partial charge in [0.15, 0.2) is 0 Å². The lowest BCUT2D eigenvalue weighted by Gasteiger charge is -2.09. The van der Waals surface area contributed by atoms with Crippen molar-refractivity contribution in [1.82, 2.24) is 0 Å². The molecule has 4 heteroatoms. The summed E-state index contributed by atoms with van der Waals surface area (Å²) >= 11 is 12.1. The van der Waals surface area contributed by atoms with Gasteiger partial charge in [-0.3, -0.25) is 0 Å². The van der Waals surface area contributed by atoms with Crippen LogP contribution >= 0.6 is 23.2 Å². The monoisotopic (exact) mass is 282 g/mol. The lowest BCUT2D eigenvalue weighted by Crippen LogP contribution is -1.97. The number of hydrogen-bond acceptors (Lipinski definition) is 2. The SMILES string of the molecule is OCc1ccc(OCc2c(Cl)cccc2Cl)cc1. The van der Waals surface area contributed by atoms with Gasteiger partial charge in [-0.25, -0.2) is 0 Å². The van der Waals surface area contributed by atoms with E-state index in [-0.39, 0.29) is 6.61 Å². The van der Waals surface area contributed by atoms with Crippen LogP contribution in [0, 0.1) is 0 Å². The Labute approximate surface area is 116 Å². The molecule has 0 aliphatic rings. The Morgan fingerprint density at radius 3 is 2.11 bits per heavy atom. The molecule has 18 heavy (non-hydrogen) atoms. The van der Waals surface area contributed by atoms with Gasteiger partial charge in [-0.2, -0.15) is 0 Å². The Kier molecular flexibility index (Phi) is 4.48. The first-order valence-corrected chi connectivity index (χ1v) is 6.22. The summed E-state index contributed by atoms with van der Waals surface area (Å²) in [6.07, 6.45) is 0. The van der Waals surface area contributed by atoms with E-state index in [2.05, 4.69) is 0 Å². The summed E-state index contributed by atoms with van der Waals surface area (Å²) in [7, 11) is 0. The number of halogens is 2. The van der Waals surface area contributed by atoms with Crippen molar-refractivity contribution in [3.63, 3.8) is 0 Å². The highest BCUT2D eigenvalue weighted by Crippen LogP contribution is 2.25. The summed E-state index contributed by atoms with van der Waals surface area (Å²) in [5.74, 6) is 0.711. The normalized spacial score (nSPS) is 10.4. The molecule has 2 rings (SSSR count). The van der Waals surface area contributed by atoms with Crippen molar-refractivity contribution in [3.05, 3.63) is 63.6 Å². The second-order valence-electron chi connectivity index (χ2n) is 3.79. The molecule has 0 amide bonds. The van der Waals surface area contributed by atoms with Crippen LogP contribution in [0.2, 0.25) is 10.0 Å². The second-order valence-corrected chi connectivity index (χ2v) is 4.61. The lowest BCUT2D eigenvalue weighted by atomic mass is 10.2. The molecule has 0 saturated carbocycles. The van der Waals surface area contributed by atoms with Gasteiger partial charge < -0.3 is 9.84 Å². The quantitative estimate of drug-likeness (QED) is 0.916. The average Bonchev–Trinajstić information content (AvgIpc) is 2.39. The molecular formula is C14H12Cl2O2. The number of hydrogen-bond donors (Lipinski definition) is 1. The molecule has 0 aliphatic carbocycles. The Bertz CT molecular complexity index is 504. The van der Waals surface area contributed by atoms with Crippen LogP contribution in [0.1, 0.15) is 11.1 Å². The molecule has 0 bridgehead atoms. The molecule has 0 aliphatic heterocycles. The topological polar surface area (TPSA) is 29.5 Å². The molecule has 0 radical (unpaired) electrons. The van der Waals surface area contributed by atoms with E-state index in [1.54, 1.807) is 30.3 Å². The number of benzene rings is 2. The maximum absolute atomic E-state index is 8.93. The van der Waals surface area contributed by atoms with E-state index in [9.17, 15) is 0 Å². The van der Waals surface area contributed by atoms with Crippen molar-refractivity contribution in [2.24, 2.45) is 0 Å². The zero-order valence-electron chi connectivity index (χ0n) is 9.57. The van der Waals surface area contributed by atoms with Crippen LogP contribution in [-0.2, 0) is 13.2 Å². The van der Waals surface area contributed by atoms with Gasteiger partial charge in [0.2, 0.25) is 0 Å². The standard InChI is InChI=1S/C14H12Cl2O2/c15-13-2-1-3-14(16)12(13)9-18-11-6-4-10(8-17)5-7-11/h1-7,17H,8-9H2. The lowest BCUT2D eigenvalue weighted by molar-refractivity contribution is 0.280. The third-order valence-corrected chi connectivity index (χ3v) is 3.26. The minimum Gasteiger partial charge on any atom is -0.489 e. The number of ether oxygens (including phenoxy) is 1. The first kappa shape index (κ1) is 13.2. The van der Waals surface area contributed by atoms with Gasteiger partial charge >= 0.3 is 0 Å². The van der Waals surface area contributed by atoms with Crippen LogP contribution in [-0.4, -0.2) is 5.11 Å². The fourth-order valence-electron chi connectivity index (χ4n) is 1.52. The van der Waals surface area contributed by atoms with E-state index in [1.807, 2.05) is 12.1 Å². The molecule has 0 fully saturated rings. The van der Waals surface area contributed by atoms with E-state index in [4.69, 9.17) is 33.0 Å². The Hall–Kier alpha value is -1.22. The Morgan fingerprint density at radius 1 is 0.944 bits per heavy atom. The zero-order chi connectivity index (χ0) is 13.0. The second kappa shape index (κ2) is 6.10. The molecule has 0 spiro atoms. The molecule has 0 aromatic heterocycles. The molecule has 0 unspecified atom stereocenters. The van der Waals surface area contributed by atoms with Crippen LogP contribution in [0.15, 0.2) is 42.5 Å². The van der Waals surface area contributed by atoms with Crippen molar-refractivity contribution in [1.29, 1.82) is 0 Å². The summed E-state index contributed by atoms with van der Waals surface area (Å²) in [6.45, 7) is 0.341. The molecule has 0 heterocycles. The molecular weight excluding hydrogens is 271 g/mol. The summed E-state index contributed by atoms with van der Waals surface area (Å²) < 4.78 is 5.60. The summed E-state index contributed by atoms with van der Waals surface area (Å²) in [5.41, 5.74) is 1.62. The van der Waals surface area contributed by atoms with E-state index in [0.29, 0.717) is 22.4 Å². The van der Waals surface area contributed by atoms with E-state index in [0.717, 1.165) is 11.1 Å². The van der Waals surface area contributed by atoms with Gasteiger partial charge in [-0.15, -0.1) is 0 Å². The van der Waals surface area contributed by atoms with Gasteiger partial charge in [0, 0.05) is 15.6 Å². The van der Waals surface area contributed by atoms with Gasteiger partial charge in [-0.1, -0.05) is 41.4 Å². The van der Waals surface area contributed by atoms with E-state index in [1.165, 1.54) is 0 Å². The first-order chi connectivity index (χ1) is 8.70. The minimum absolute atomic E-state index is 0.0244. The fraction of sp³-hybridized carbons (Fsp3) is 0.143. The molecule has 0 saturated heterocycles. The highest BCUT2D eigenvalue weighted by molar-refractivity contribution is 6.35. The highest BCUT2D eigenvalue weighted by Gasteiger charge is 2.06. The van der Waals surface area contributed by atoms with Crippen molar-refractivity contribution >= 4 is 23.2 Å². The van der Waals surface area contributed by atoms with Crippen LogP contribution in [0.4, 0.5) is 0 Å². The van der Waals surface area contributed by atoms with Crippen LogP contribution in [0.25, 0.3) is 0 Å². The molecule has 2 nitrogen and oxygen atoms in total. The largest absolute Gasteiger partial charge is 0.489 e. The first-order valence-electron chi connectivity index (χ1n) is 5.46. The summed E-state index contributed by atoms with van der Waals surface area (Å²) in [6, 6.07) is 12.6. The smallest absolute Gasteiger partial charge is 0.119 e. The zero-order valence-corrected chi connectivity index (χ0v) is 11.1. The van der Waals surface area contributed by atoms with Crippen LogP contribution in [0.3, 0.4) is 0 Å². The average molecular weight is 283 g/mol. The van der Waals surface area contributed by atoms with Gasteiger partial charge in [-0.05, 0) is 29.8 Å². The highest BCUT2D eigenvalue weighted by atomic mass is 35.5. The summed E-state index contributed by atoms with van der Waals surface area (Å²) in [4.78, 5) is 0. The predicted molar refractivity (Wildman–Crippen MR) is 73.2 cm³/mol. The van der Waals surface area contributed by atoms with Gasteiger partial charge in [0.25, 0.3) is 0 Å². The third kappa shape index (κ3) is 3.16. The van der Waals surface area contributed by atoms with Crippen LogP contribution < -0.4 is 4.74 Å². The van der Waals surface area contributed by atoms with Crippen molar-refractivity contribution in [2.75, 3.05) is 0 Å². The molecule has 2 aromatic rings. The van der Waals surface area contributed by atoms with Gasteiger partial charge in [0.1, 0.15) is 12.4 Å². The maximum atomic E-state index is 8.93. The van der Waals surface area contributed by atoms with Crippen molar-refractivity contribution < 1.29 is 9.84 Å². The Morgan fingerprint density at radius 2 is 1.56 bits per heavy atom. The van der Waals surface area contributed by atoms with Crippen LogP contribution in [0.5, 0.6) is 5.75 Å². The predicted octanol–water partition coefficient (Wildman–Crippen LogP) is 4.06. The van der Waals surface area contributed by atoms with Gasteiger partial charge in [0.05, 0.1) is 6.61 Å². The fourth-order valence-corrected chi connectivity index (χ4v) is 2.02. The van der Waals surface area contributed by atoms with E-state index < -0.39 is 0 Å². The molecule has 1 N–H and O–H groups in total. The van der Waals surface area contributed by atoms with Crippen molar-refractivity contribution in [2.45, 2.75) is 13.2 Å². The van der Waals surface area contributed by atoms with E-state index >= 15 is 0 Å². The maximum Gasteiger partial charge on any atom is 0.119 e. The summed E-state index contributed by atoms with van der Waals surface area (Å²) in [5, 5.41) is 10.1. The number of rotatable bonds is 4. The minimum atomic E-state index is 0.0244. The van der Waals surface area contributed by atoms with Crippen molar-refractivity contribution in [3.8, 4) is 5.75 Å². The molecule has 94 valence electrons. The molecule has 0 atom stereocenters.